The second-order valence-corrected chi connectivity index (χ2v) is 9.78. The lowest BCUT2D eigenvalue weighted by Crippen LogP contribution is -2.24. The number of hydrogen-bond donors (Lipinski definition) is 0. The van der Waals surface area contributed by atoms with Crippen LogP contribution >= 0.6 is 0 Å². The first-order valence-corrected chi connectivity index (χ1v) is 13.3. The third kappa shape index (κ3) is 4.46. The summed E-state index contributed by atoms with van der Waals surface area (Å²) in [7, 11) is 2.08. The molecule has 7 rings (SSSR count). The minimum atomic E-state index is 0.734. The Hall–Kier alpha value is -5.36. The van der Waals surface area contributed by atoms with Crippen LogP contribution in [0.4, 0.5) is 17.2 Å². The third-order valence-electron chi connectivity index (χ3n) is 7.08. The molecule has 0 aliphatic carbocycles. The highest BCUT2D eigenvalue weighted by atomic mass is 16.5. The fourth-order valence-electron chi connectivity index (χ4n) is 5.14. The molecule has 0 saturated carbocycles. The van der Waals surface area contributed by atoms with Gasteiger partial charge in [-0.3, -0.25) is 0 Å². The van der Waals surface area contributed by atoms with Gasteiger partial charge in [-0.15, -0.1) is 0 Å². The predicted octanol–water partition coefficient (Wildman–Crippen LogP) is 7.94. The topological polar surface area (TPSA) is 46.4 Å². The molecule has 0 bridgehead atoms. The molecule has 194 valence electrons. The summed E-state index contributed by atoms with van der Waals surface area (Å²) in [4.78, 5) is 9.00. The van der Waals surface area contributed by atoms with Crippen molar-refractivity contribution in [2.75, 3.05) is 23.5 Å². The van der Waals surface area contributed by atoms with E-state index in [1.165, 1.54) is 0 Å². The monoisotopic (exact) mass is 521 g/mol. The van der Waals surface area contributed by atoms with Crippen molar-refractivity contribution in [2.24, 2.45) is 0 Å². The van der Waals surface area contributed by atoms with Gasteiger partial charge < -0.3 is 14.5 Å². The van der Waals surface area contributed by atoms with Crippen LogP contribution in [0.15, 0.2) is 134 Å². The van der Waals surface area contributed by atoms with Crippen LogP contribution in [0.2, 0.25) is 0 Å². The van der Waals surface area contributed by atoms with Crippen LogP contribution in [0.1, 0.15) is 0 Å². The quantitative estimate of drug-likeness (QED) is 0.223. The van der Waals surface area contributed by atoms with Crippen molar-refractivity contribution in [1.29, 1.82) is 0 Å². The zero-order valence-electron chi connectivity index (χ0n) is 22.1. The summed E-state index contributed by atoms with van der Waals surface area (Å²) in [6.07, 6.45) is 3.92. The zero-order valence-corrected chi connectivity index (χ0v) is 22.1. The fraction of sp³-hybridized carbons (Fsp3) is 0.0588. The second-order valence-electron chi connectivity index (χ2n) is 9.78. The van der Waals surface area contributed by atoms with E-state index in [1.54, 1.807) is 0 Å². The van der Waals surface area contributed by atoms with E-state index < -0.39 is 0 Å². The van der Waals surface area contributed by atoms with Gasteiger partial charge in [-0.05, 0) is 42.0 Å². The molecule has 6 nitrogen and oxygen atoms in total. The summed E-state index contributed by atoms with van der Waals surface area (Å²) >= 11 is 0. The molecule has 0 N–H and O–H groups in total. The molecule has 1 aliphatic rings. The first kappa shape index (κ1) is 23.7. The lowest BCUT2D eigenvalue weighted by molar-refractivity contribution is 0.482. The van der Waals surface area contributed by atoms with E-state index in [1.807, 2.05) is 77.6 Å². The number of rotatable bonds is 6. The Labute approximate surface area is 233 Å². The van der Waals surface area contributed by atoms with Crippen LogP contribution in [0.25, 0.3) is 28.1 Å². The number of ether oxygens (including phenoxy) is 1. The normalized spacial score (nSPS) is 12.4. The van der Waals surface area contributed by atoms with Gasteiger partial charge in [0.1, 0.15) is 17.2 Å². The van der Waals surface area contributed by atoms with Crippen LogP contribution in [-0.2, 0) is 0 Å². The molecule has 0 saturated heterocycles. The summed E-state index contributed by atoms with van der Waals surface area (Å²) < 4.78 is 8.29. The van der Waals surface area contributed by atoms with Gasteiger partial charge in [0.25, 0.3) is 0 Å². The Morgan fingerprint density at radius 3 is 2.10 bits per heavy atom. The number of hydrogen-bond acceptors (Lipinski definition) is 5. The average molecular weight is 522 g/mol. The lowest BCUT2D eigenvalue weighted by Gasteiger charge is -2.19. The number of aromatic nitrogens is 3. The minimum Gasteiger partial charge on any atom is -0.457 e. The molecule has 6 aromatic rings. The van der Waals surface area contributed by atoms with Crippen molar-refractivity contribution >= 4 is 17.2 Å². The van der Waals surface area contributed by atoms with E-state index in [0.29, 0.717) is 0 Å². The molecule has 3 heterocycles. The van der Waals surface area contributed by atoms with E-state index >= 15 is 0 Å². The maximum absolute atomic E-state index is 6.36. The van der Waals surface area contributed by atoms with Gasteiger partial charge in [-0.1, -0.05) is 72.8 Å². The first-order chi connectivity index (χ1) is 19.7. The van der Waals surface area contributed by atoms with E-state index in [2.05, 4.69) is 82.6 Å². The molecule has 2 aromatic heterocycles. The molecule has 40 heavy (non-hydrogen) atoms. The van der Waals surface area contributed by atoms with E-state index in [0.717, 1.165) is 63.4 Å². The summed E-state index contributed by atoms with van der Waals surface area (Å²) in [6, 6.07) is 40.9. The molecule has 0 atom stereocenters. The number of pyridine rings is 1. The van der Waals surface area contributed by atoms with E-state index in [9.17, 15) is 0 Å². The van der Waals surface area contributed by atoms with E-state index in [-0.39, 0.29) is 0 Å². The average Bonchev–Trinajstić information content (AvgIpc) is 3.61. The van der Waals surface area contributed by atoms with Crippen LogP contribution < -0.4 is 14.5 Å². The summed E-state index contributed by atoms with van der Waals surface area (Å²) in [6.45, 7) is 0.734. The Balaban J connectivity index is 1.20. The molecule has 0 radical (unpaired) electrons. The molecule has 0 spiro atoms. The Bertz CT molecular complexity index is 1720. The Kier molecular flexibility index (Phi) is 5.98. The third-order valence-corrected chi connectivity index (χ3v) is 7.08. The van der Waals surface area contributed by atoms with Crippen molar-refractivity contribution in [1.82, 2.24) is 14.8 Å². The molecular weight excluding hydrogens is 494 g/mol. The maximum Gasteiger partial charge on any atom is 0.158 e. The van der Waals surface area contributed by atoms with E-state index in [4.69, 9.17) is 9.84 Å². The molecule has 4 aromatic carbocycles. The highest BCUT2D eigenvalue weighted by Crippen LogP contribution is 2.39. The van der Waals surface area contributed by atoms with Gasteiger partial charge in [-0.25, -0.2) is 9.67 Å². The molecule has 0 unspecified atom stereocenters. The Morgan fingerprint density at radius 2 is 1.35 bits per heavy atom. The van der Waals surface area contributed by atoms with Crippen molar-refractivity contribution in [3.63, 3.8) is 0 Å². The summed E-state index contributed by atoms with van der Waals surface area (Å²) in [5, 5.41) is 5.01. The largest absolute Gasteiger partial charge is 0.457 e. The molecule has 0 amide bonds. The maximum atomic E-state index is 6.36. The highest BCUT2D eigenvalue weighted by molar-refractivity contribution is 5.81. The standard InChI is InChI=1S/C34H27N5O/c1-37-24-38(34-32(37)19-10-20-35-34)27-15-8-17-29(21-27)40-30-18-9-16-28(22-30)39-23-31(25-11-4-2-5-12-25)33(36-39)26-13-6-3-7-14-26/h2-23H,24H2,1H3. The Morgan fingerprint density at radius 1 is 0.675 bits per heavy atom. The lowest BCUT2D eigenvalue weighted by atomic mass is 10.0. The molecule has 6 heteroatoms. The number of anilines is 3. The number of fused-ring (bicyclic) bond motifs is 1. The molecular formula is C34H27N5O. The first-order valence-electron chi connectivity index (χ1n) is 13.3. The molecule has 0 fully saturated rings. The van der Waals surface area contributed by atoms with Crippen molar-refractivity contribution < 1.29 is 4.74 Å². The number of nitrogens with zero attached hydrogens (tertiary/aromatic N) is 5. The van der Waals surface area contributed by atoms with Gasteiger partial charge in [-0.2, -0.15) is 5.10 Å². The molecule has 1 aliphatic heterocycles. The smallest absolute Gasteiger partial charge is 0.158 e. The highest BCUT2D eigenvalue weighted by Gasteiger charge is 2.25. The van der Waals surface area contributed by atoms with Gasteiger partial charge >= 0.3 is 0 Å². The predicted molar refractivity (Wildman–Crippen MR) is 161 cm³/mol. The van der Waals surface area contributed by atoms with Crippen molar-refractivity contribution in [2.45, 2.75) is 0 Å². The van der Waals surface area contributed by atoms with Crippen LogP contribution in [0.3, 0.4) is 0 Å². The SMILES string of the molecule is CN1CN(c2cccc(Oc3cccc(-n4cc(-c5ccccc5)c(-c5ccccc5)n4)c3)c2)c2ncccc21. The van der Waals surface area contributed by atoms with Crippen LogP contribution in [-0.4, -0.2) is 28.5 Å². The fourth-order valence-corrected chi connectivity index (χ4v) is 5.14. The van der Waals surface area contributed by atoms with Crippen LogP contribution in [0, 0.1) is 0 Å². The summed E-state index contributed by atoms with van der Waals surface area (Å²) in [5.74, 6) is 2.45. The van der Waals surface area contributed by atoms with Gasteiger partial charge in [0.2, 0.25) is 0 Å². The van der Waals surface area contributed by atoms with Crippen molar-refractivity contribution in [3.05, 3.63) is 134 Å². The van der Waals surface area contributed by atoms with Gasteiger partial charge in [0.05, 0.1) is 18.0 Å². The minimum absolute atomic E-state index is 0.734. The van der Waals surface area contributed by atoms with Gasteiger partial charge in [0.15, 0.2) is 5.82 Å². The number of benzene rings is 4. The van der Waals surface area contributed by atoms with Crippen LogP contribution in [0.5, 0.6) is 11.5 Å². The zero-order chi connectivity index (χ0) is 26.9. The summed E-state index contributed by atoms with van der Waals surface area (Å²) in [5.41, 5.74) is 7.29. The second kappa shape index (κ2) is 10.1. The van der Waals surface area contributed by atoms with Crippen molar-refractivity contribution in [3.8, 4) is 39.6 Å². The van der Waals surface area contributed by atoms with Gasteiger partial charge in [0, 0.05) is 48.4 Å².